The number of aryl methyl sites for hydroxylation is 1. The predicted molar refractivity (Wildman–Crippen MR) is 75.4 cm³/mol. The molecule has 108 valence electrons. The number of rotatable bonds is 6. The van der Waals surface area contributed by atoms with Crippen molar-refractivity contribution in [1.82, 2.24) is 9.55 Å². The molecule has 1 aromatic heterocycles. The Morgan fingerprint density at radius 2 is 2.10 bits per heavy atom. The number of hydrogen-bond acceptors (Lipinski definition) is 5. The third-order valence-electron chi connectivity index (χ3n) is 3.03. The summed E-state index contributed by atoms with van der Waals surface area (Å²) in [5.41, 5.74) is 0.456. The largest absolute Gasteiger partial charge is 0.493 e. The van der Waals surface area contributed by atoms with Crippen molar-refractivity contribution < 1.29 is 14.3 Å². The molecule has 0 N–H and O–H groups in total. The molecule has 2 rings (SSSR count). The van der Waals surface area contributed by atoms with Crippen molar-refractivity contribution >= 4 is 5.78 Å². The number of methoxy groups -OCH3 is 2. The minimum absolute atomic E-state index is 0.223. The lowest BCUT2D eigenvalue weighted by Crippen LogP contribution is -2.11. The van der Waals surface area contributed by atoms with Gasteiger partial charge in [-0.3, -0.25) is 4.79 Å². The SMILES string of the molecule is COc1ccc(C(=O)c2nccn2CCC#N)cc1OC. The van der Waals surface area contributed by atoms with E-state index in [-0.39, 0.29) is 5.78 Å². The quantitative estimate of drug-likeness (QED) is 0.759. The van der Waals surface area contributed by atoms with Gasteiger partial charge < -0.3 is 14.0 Å². The average molecular weight is 285 g/mol. The molecule has 0 saturated heterocycles. The fourth-order valence-corrected chi connectivity index (χ4v) is 1.98. The number of ketones is 1. The molecule has 0 bridgehead atoms. The molecule has 1 heterocycles. The highest BCUT2D eigenvalue weighted by molar-refractivity contribution is 6.07. The Labute approximate surface area is 122 Å². The second-order valence-corrected chi connectivity index (χ2v) is 4.25. The van der Waals surface area contributed by atoms with E-state index in [0.29, 0.717) is 35.9 Å². The van der Waals surface area contributed by atoms with E-state index in [1.165, 1.54) is 14.2 Å². The number of ether oxygens (including phenoxy) is 2. The van der Waals surface area contributed by atoms with Crippen molar-refractivity contribution in [1.29, 1.82) is 5.26 Å². The van der Waals surface area contributed by atoms with Gasteiger partial charge in [-0.05, 0) is 18.2 Å². The maximum absolute atomic E-state index is 12.5. The Balaban J connectivity index is 2.32. The molecule has 21 heavy (non-hydrogen) atoms. The molecule has 0 saturated carbocycles. The lowest BCUT2D eigenvalue weighted by atomic mass is 10.1. The van der Waals surface area contributed by atoms with Crippen LogP contribution in [-0.4, -0.2) is 29.6 Å². The van der Waals surface area contributed by atoms with E-state index in [4.69, 9.17) is 14.7 Å². The van der Waals surface area contributed by atoms with Gasteiger partial charge in [-0.25, -0.2) is 4.98 Å². The molecule has 0 spiro atoms. The monoisotopic (exact) mass is 285 g/mol. The molecule has 0 unspecified atom stereocenters. The van der Waals surface area contributed by atoms with Gasteiger partial charge in [-0.15, -0.1) is 0 Å². The number of hydrogen-bond donors (Lipinski definition) is 0. The molecular weight excluding hydrogens is 270 g/mol. The average Bonchev–Trinajstić information content (AvgIpc) is 2.99. The number of carbonyl (C=O) groups excluding carboxylic acids is 1. The predicted octanol–water partition coefficient (Wildman–Crippen LogP) is 2.04. The lowest BCUT2D eigenvalue weighted by molar-refractivity contribution is 0.102. The zero-order chi connectivity index (χ0) is 15.2. The molecule has 0 aliphatic rings. The van der Waals surface area contributed by atoms with Crippen molar-refractivity contribution in [3.05, 3.63) is 42.0 Å². The number of aromatic nitrogens is 2. The highest BCUT2D eigenvalue weighted by atomic mass is 16.5. The highest BCUT2D eigenvalue weighted by Crippen LogP contribution is 2.28. The van der Waals surface area contributed by atoms with Crippen molar-refractivity contribution in [2.45, 2.75) is 13.0 Å². The summed E-state index contributed by atoms with van der Waals surface area (Å²) in [6, 6.07) is 7.00. The van der Waals surface area contributed by atoms with Crippen LogP contribution < -0.4 is 9.47 Å². The molecule has 6 heteroatoms. The maximum Gasteiger partial charge on any atom is 0.228 e. The van der Waals surface area contributed by atoms with Crippen LogP contribution in [-0.2, 0) is 6.54 Å². The van der Waals surface area contributed by atoms with E-state index in [0.717, 1.165) is 0 Å². The Bertz CT molecular complexity index is 686. The molecule has 0 radical (unpaired) electrons. The summed E-state index contributed by atoms with van der Waals surface area (Å²) in [5.74, 6) is 1.12. The summed E-state index contributed by atoms with van der Waals surface area (Å²) in [6.07, 6.45) is 3.55. The van der Waals surface area contributed by atoms with Crippen molar-refractivity contribution in [3.63, 3.8) is 0 Å². The lowest BCUT2D eigenvalue weighted by Gasteiger charge is -2.09. The number of imidazole rings is 1. The van der Waals surface area contributed by atoms with E-state index in [2.05, 4.69) is 4.98 Å². The molecule has 6 nitrogen and oxygen atoms in total. The number of nitriles is 1. The van der Waals surface area contributed by atoms with Crippen molar-refractivity contribution in [2.24, 2.45) is 0 Å². The first-order chi connectivity index (χ1) is 10.2. The van der Waals surface area contributed by atoms with Gasteiger partial charge in [0.25, 0.3) is 0 Å². The molecule has 2 aromatic rings. The first-order valence-corrected chi connectivity index (χ1v) is 6.36. The molecule has 0 amide bonds. The third-order valence-corrected chi connectivity index (χ3v) is 3.03. The standard InChI is InChI=1S/C15H15N3O3/c1-20-12-5-4-11(10-13(12)21-2)14(19)15-17-7-9-18(15)8-3-6-16/h4-5,7,9-10H,3,8H2,1-2H3. The Morgan fingerprint density at radius 1 is 1.33 bits per heavy atom. The van der Waals surface area contributed by atoms with E-state index >= 15 is 0 Å². The van der Waals surface area contributed by atoms with Crippen molar-refractivity contribution in [3.8, 4) is 17.6 Å². The van der Waals surface area contributed by atoms with Crippen LogP contribution in [0.4, 0.5) is 0 Å². The minimum Gasteiger partial charge on any atom is -0.493 e. The van der Waals surface area contributed by atoms with Gasteiger partial charge in [0, 0.05) is 24.5 Å². The summed E-state index contributed by atoms with van der Waals surface area (Å²) < 4.78 is 12.0. The summed E-state index contributed by atoms with van der Waals surface area (Å²) >= 11 is 0. The van der Waals surface area contributed by atoms with Crippen LogP contribution in [0, 0.1) is 11.3 Å². The summed E-state index contributed by atoms with van der Waals surface area (Å²) in [4.78, 5) is 16.6. The molecule has 0 fully saturated rings. The number of nitrogens with zero attached hydrogens (tertiary/aromatic N) is 3. The van der Waals surface area contributed by atoms with Gasteiger partial charge in [0.2, 0.25) is 5.78 Å². The zero-order valence-electron chi connectivity index (χ0n) is 11.9. The minimum atomic E-state index is -0.223. The van der Waals surface area contributed by atoms with Crippen LogP contribution in [0.5, 0.6) is 11.5 Å². The number of carbonyl (C=O) groups is 1. The number of benzene rings is 1. The molecule has 1 aromatic carbocycles. The normalized spacial score (nSPS) is 9.95. The van der Waals surface area contributed by atoms with E-state index < -0.39 is 0 Å². The van der Waals surface area contributed by atoms with Crippen LogP contribution in [0.1, 0.15) is 22.6 Å². The van der Waals surface area contributed by atoms with Crippen LogP contribution in [0.15, 0.2) is 30.6 Å². The topological polar surface area (TPSA) is 77.1 Å². The van der Waals surface area contributed by atoms with E-state index in [1.54, 1.807) is 35.2 Å². The smallest absolute Gasteiger partial charge is 0.228 e. The van der Waals surface area contributed by atoms with Gasteiger partial charge in [0.15, 0.2) is 17.3 Å². The van der Waals surface area contributed by atoms with Crippen LogP contribution >= 0.6 is 0 Å². The Hall–Kier alpha value is -2.81. The van der Waals surface area contributed by atoms with Gasteiger partial charge in [0.1, 0.15) is 0 Å². The summed E-state index contributed by atoms with van der Waals surface area (Å²) in [6.45, 7) is 0.435. The van der Waals surface area contributed by atoms with E-state index in [9.17, 15) is 4.79 Å². The van der Waals surface area contributed by atoms with Crippen LogP contribution in [0.2, 0.25) is 0 Å². The fraction of sp³-hybridized carbons (Fsp3) is 0.267. The first-order valence-electron chi connectivity index (χ1n) is 6.36. The fourth-order valence-electron chi connectivity index (χ4n) is 1.98. The van der Waals surface area contributed by atoms with Crippen molar-refractivity contribution in [2.75, 3.05) is 14.2 Å². The van der Waals surface area contributed by atoms with E-state index in [1.807, 2.05) is 6.07 Å². The second-order valence-electron chi connectivity index (χ2n) is 4.25. The highest BCUT2D eigenvalue weighted by Gasteiger charge is 2.17. The Morgan fingerprint density at radius 3 is 2.76 bits per heavy atom. The second kappa shape index (κ2) is 6.57. The molecule has 0 atom stereocenters. The zero-order valence-corrected chi connectivity index (χ0v) is 11.9. The first kappa shape index (κ1) is 14.6. The van der Waals surface area contributed by atoms with Gasteiger partial charge in [-0.2, -0.15) is 5.26 Å². The van der Waals surface area contributed by atoms with Gasteiger partial charge in [0.05, 0.1) is 26.7 Å². The molecule has 0 aliphatic heterocycles. The van der Waals surface area contributed by atoms with Crippen LogP contribution in [0.25, 0.3) is 0 Å². The molecule has 0 aliphatic carbocycles. The maximum atomic E-state index is 12.5. The summed E-state index contributed by atoms with van der Waals surface area (Å²) in [5, 5.41) is 8.64. The third kappa shape index (κ3) is 3.03. The van der Waals surface area contributed by atoms with Gasteiger partial charge in [-0.1, -0.05) is 0 Å². The van der Waals surface area contributed by atoms with Gasteiger partial charge >= 0.3 is 0 Å². The Kier molecular flexibility index (Phi) is 4.57. The van der Waals surface area contributed by atoms with Crippen LogP contribution in [0.3, 0.4) is 0 Å². The molecular formula is C15H15N3O3. The summed E-state index contributed by atoms with van der Waals surface area (Å²) in [7, 11) is 3.05.